The van der Waals surface area contributed by atoms with Crippen LogP contribution in [0.15, 0.2) is 36.5 Å². The summed E-state index contributed by atoms with van der Waals surface area (Å²) < 4.78 is 0. The summed E-state index contributed by atoms with van der Waals surface area (Å²) in [5, 5.41) is 11.8. The van der Waals surface area contributed by atoms with E-state index >= 15 is 0 Å². The van der Waals surface area contributed by atoms with Gasteiger partial charge in [-0.15, -0.1) is 0 Å². The molecule has 2 rings (SSSR count). The lowest BCUT2D eigenvalue weighted by molar-refractivity contribution is 0.101. The normalized spacial score (nSPS) is 10.1. The summed E-state index contributed by atoms with van der Waals surface area (Å²) in [5.74, 6) is -0.310. The standard InChI is InChI=1S/C13H12N2O3/c1-8(16)9-6-12(14-7-9)13(18)15-10-2-4-11(17)5-3-10/h2-7,14,17H,1H3,(H,15,18). The maximum atomic E-state index is 11.8. The SMILES string of the molecule is CC(=O)c1c[nH]c(C(=O)Nc2ccc(O)cc2)c1. The largest absolute Gasteiger partial charge is 0.508 e. The van der Waals surface area contributed by atoms with Crippen LogP contribution < -0.4 is 5.32 Å². The maximum Gasteiger partial charge on any atom is 0.272 e. The van der Waals surface area contributed by atoms with E-state index in [-0.39, 0.29) is 17.4 Å². The topological polar surface area (TPSA) is 82.2 Å². The molecule has 1 amide bonds. The second-order valence-electron chi connectivity index (χ2n) is 3.86. The summed E-state index contributed by atoms with van der Waals surface area (Å²) in [6.45, 7) is 1.44. The third-order valence-corrected chi connectivity index (χ3v) is 2.46. The van der Waals surface area contributed by atoms with Gasteiger partial charge in [0.1, 0.15) is 11.4 Å². The van der Waals surface area contributed by atoms with Gasteiger partial charge in [0.15, 0.2) is 5.78 Å². The molecule has 1 heterocycles. The number of aromatic hydroxyl groups is 1. The van der Waals surface area contributed by atoms with E-state index in [1.54, 1.807) is 12.1 Å². The molecule has 2 aromatic rings. The van der Waals surface area contributed by atoms with Crippen LogP contribution in [0, 0.1) is 0 Å². The number of amides is 1. The first-order valence-electron chi connectivity index (χ1n) is 5.36. The van der Waals surface area contributed by atoms with Crippen molar-refractivity contribution in [3.05, 3.63) is 47.8 Å². The number of aromatic nitrogens is 1. The highest BCUT2D eigenvalue weighted by molar-refractivity contribution is 6.05. The Morgan fingerprint density at radius 2 is 1.89 bits per heavy atom. The Morgan fingerprint density at radius 1 is 1.22 bits per heavy atom. The van der Waals surface area contributed by atoms with E-state index in [1.807, 2.05) is 0 Å². The van der Waals surface area contributed by atoms with Crippen molar-refractivity contribution in [2.45, 2.75) is 6.92 Å². The Morgan fingerprint density at radius 3 is 2.44 bits per heavy atom. The number of phenols is 1. The molecule has 0 bridgehead atoms. The first-order chi connectivity index (χ1) is 8.56. The summed E-state index contributed by atoms with van der Waals surface area (Å²) in [7, 11) is 0. The number of rotatable bonds is 3. The third-order valence-electron chi connectivity index (χ3n) is 2.46. The summed E-state index contributed by atoms with van der Waals surface area (Å²) in [5.41, 5.74) is 1.34. The number of hydrogen-bond acceptors (Lipinski definition) is 3. The van der Waals surface area contributed by atoms with Crippen molar-refractivity contribution >= 4 is 17.4 Å². The molecule has 1 aromatic carbocycles. The average Bonchev–Trinajstić information content (AvgIpc) is 2.81. The van der Waals surface area contributed by atoms with Crippen LogP contribution >= 0.6 is 0 Å². The van der Waals surface area contributed by atoms with E-state index in [1.165, 1.54) is 31.3 Å². The van der Waals surface area contributed by atoms with Crippen LogP contribution in [0.3, 0.4) is 0 Å². The van der Waals surface area contributed by atoms with E-state index in [0.29, 0.717) is 16.9 Å². The Hall–Kier alpha value is -2.56. The van der Waals surface area contributed by atoms with Gasteiger partial charge >= 0.3 is 0 Å². The Balaban J connectivity index is 2.11. The average molecular weight is 244 g/mol. The van der Waals surface area contributed by atoms with Crippen LogP contribution in [0.5, 0.6) is 5.75 Å². The van der Waals surface area contributed by atoms with E-state index in [0.717, 1.165) is 0 Å². The molecule has 0 atom stereocenters. The number of carbonyl (C=O) groups excluding carboxylic acids is 2. The van der Waals surface area contributed by atoms with Gasteiger partial charge in [0, 0.05) is 17.4 Å². The molecule has 0 aliphatic rings. The molecule has 0 fully saturated rings. The van der Waals surface area contributed by atoms with Crippen LogP contribution in [0.25, 0.3) is 0 Å². The third kappa shape index (κ3) is 2.57. The number of hydrogen-bond donors (Lipinski definition) is 3. The van der Waals surface area contributed by atoms with Crippen LogP contribution in [0.2, 0.25) is 0 Å². The molecule has 1 aromatic heterocycles. The van der Waals surface area contributed by atoms with Gasteiger partial charge in [0.2, 0.25) is 0 Å². The number of benzene rings is 1. The number of carbonyl (C=O) groups is 2. The summed E-state index contributed by atoms with van der Waals surface area (Å²) >= 11 is 0. The molecule has 0 aliphatic heterocycles. The van der Waals surface area contributed by atoms with Crippen LogP contribution in [0.1, 0.15) is 27.8 Å². The number of phenolic OH excluding ortho intramolecular Hbond substituents is 1. The van der Waals surface area contributed by atoms with Crippen molar-refractivity contribution in [1.29, 1.82) is 0 Å². The fourth-order valence-corrected chi connectivity index (χ4v) is 1.47. The van der Waals surface area contributed by atoms with Crippen LogP contribution in [0.4, 0.5) is 5.69 Å². The molecule has 0 radical (unpaired) electrons. The van der Waals surface area contributed by atoms with Gasteiger partial charge in [-0.3, -0.25) is 9.59 Å². The molecule has 5 heteroatoms. The van der Waals surface area contributed by atoms with Gasteiger partial charge in [-0.2, -0.15) is 0 Å². The number of nitrogens with one attached hydrogen (secondary N) is 2. The number of Topliss-reactive ketones (excluding diaryl/α,β-unsaturated/α-hetero) is 1. The van der Waals surface area contributed by atoms with E-state index in [2.05, 4.69) is 10.3 Å². The lowest BCUT2D eigenvalue weighted by Gasteiger charge is -2.03. The predicted octanol–water partition coefficient (Wildman–Crippen LogP) is 2.18. The second-order valence-corrected chi connectivity index (χ2v) is 3.86. The van der Waals surface area contributed by atoms with Gasteiger partial charge < -0.3 is 15.4 Å². The lowest BCUT2D eigenvalue weighted by Crippen LogP contribution is -2.11. The Bertz CT molecular complexity index is 585. The minimum absolute atomic E-state index is 0.102. The second kappa shape index (κ2) is 4.75. The molecule has 18 heavy (non-hydrogen) atoms. The Kier molecular flexibility index (Phi) is 3.14. The number of aromatic amines is 1. The van der Waals surface area contributed by atoms with Crippen molar-refractivity contribution in [2.24, 2.45) is 0 Å². The molecule has 92 valence electrons. The molecule has 0 saturated heterocycles. The quantitative estimate of drug-likeness (QED) is 0.571. The zero-order chi connectivity index (χ0) is 13.1. The number of anilines is 1. The minimum atomic E-state index is -0.340. The molecule has 3 N–H and O–H groups in total. The molecule has 0 aliphatic carbocycles. The first kappa shape index (κ1) is 11.9. The van der Waals surface area contributed by atoms with Crippen molar-refractivity contribution in [3.8, 4) is 5.75 Å². The monoisotopic (exact) mass is 244 g/mol. The number of ketones is 1. The minimum Gasteiger partial charge on any atom is -0.508 e. The maximum absolute atomic E-state index is 11.8. The van der Waals surface area contributed by atoms with Gasteiger partial charge in [0.25, 0.3) is 5.91 Å². The van der Waals surface area contributed by atoms with Gasteiger partial charge in [0.05, 0.1) is 0 Å². The first-order valence-corrected chi connectivity index (χ1v) is 5.36. The predicted molar refractivity (Wildman–Crippen MR) is 66.9 cm³/mol. The smallest absolute Gasteiger partial charge is 0.272 e. The van der Waals surface area contributed by atoms with Crippen molar-refractivity contribution in [1.82, 2.24) is 4.98 Å². The molecule has 0 unspecified atom stereocenters. The van der Waals surface area contributed by atoms with Crippen molar-refractivity contribution < 1.29 is 14.7 Å². The highest BCUT2D eigenvalue weighted by atomic mass is 16.3. The van der Waals surface area contributed by atoms with E-state index < -0.39 is 0 Å². The summed E-state index contributed by atoms with van der Waals surface area (Å²) in [4.78, 5) is 25.7. The van der Waals surface area contributed by atoms with Crippen molar-refractivity contribution in [2.75, 3.05) is 5.32 Å². The highest BCUT2D eigenvalue weighted by Crippen LogP contribution is 2.15. The molecule has 0 spiro atoms. The molecular formula is C13H12N2O3. The zero-order valence-corrected chi connectivity index (χ0v) is 9.73. The Labute approximate surface area is 103 Å². The van der Waals surface area contributed by atoms with E-state index in [9.17, 15) is 9.59 Å². The summed E-state index contributed by atoms with van der Waals surface area (Å²) in [6, 6.07) is 7.62. The zero-order valence-electron chi connectivity index (χ0n) is 9.73. The van der Waals surface area contributed by atoms with Crippen LogP contribution in [-0.4, -0.2) is 21.8 Å². The molecule has 5 nitrogen and oxygen atoms in total. The fraction of sp³-hybridized carbons (Fsp3) is 0.0769. The lowest BCUT2D eigenvalue weighted by atomic mass is 10.2. The van der Waals surface area contributed by atoms with Gasteiger partial charge in [-0.05, 0) is 37.3 Å². The van der Waals surface area contributed by atoms with Crippen LogP contribution in [-0.2, 0) is 0 Å². The molecule has 0 saturated carbocycles. The summed E-state index contributed by atoms with van der Waals surface area (Å²) in [6.07, 6.45) is 1.49. The molecular weight excluding hydrogens is 232 g/mol. The fourth-order valence-electron chi connectivity index (χ4n) is 1.47. The van der Waals surface area contributed by atoms with E-state index in [4.69, 9.17) is 5.11 Å². The van der Waals surface area contributed by atoms with Gasteiger partial charge in [-0.1, -0.05) is 0 Å². The highest BCUT2D eigenvalue weighted by Gasteiger charge is 2.10. The van der Waals surface area contributed by atoms with Crippen molar-refractivity contribution in [3.63, 3.8) is 0 Å². The van der Waals surface area contributed by atoms with Gasteiger partial charge in [-0.25, -0.2) is 0 Å². The number of H-pyrrole nitrogens is 1.